The molecule has 0 bridgehead atoms. The summed E-state index contributed by atoms with van der Waals surface area (Å²) in [6, 6.07) is 9.48. The Labute approximate surface area is 174 Å². The van der Waals surface area contributed by atoms with E-state index in [2.05, 4.69) is 10.2 Å². The fourth-order valence-electron chi connectivity index (χ4n) is 4.34. The molecule has 0 radical (unpaired) electrons. The van der Waals surface area contributed by atoms with Gasteiger partial charge >= 0.3 is 0 Å². The van der Waals surface area contributed by atoms with Crippen molar-refractivity contribution >= 4 is 29.1 Å². The molecule has 1 aromatic heterocycles. The van der Waals surface area contributed by atoms with Crippen LogP contribution in [0.4, 0.5) is 5.69 Å². The number of hydrogen-bond acceptors (Lipinski definition) is 4. The Morgan fingerprint density at radius 3 is 2.66 bits per heavy atom. The summed E-state index contributed by atoms with van der Waals surface area (Å²) >= 11 is 6.78. The first-order chi connectivity index (χ1) is 13.9. The van der Waals surface area contributed by atoms with E-state index in [1.807, 2.05) is 24.3 Å². The predicted octanol–water partition coefficient (Wildman–Crippen LogP) is 2.94. The molecule has 6 nitrogen and oxygen atoms in total. The second-order valence-corrected chi connectivity index (χ2v) is 8.25. The fraction of sp³-hybridized carbons (Fsp3) is 0.409. The molecule has 2 amide bonds. The van der Waals surface area contributed by atoms with Crippen LogP contribution in [0.2, 0.25) is 5.02 Å². The summed E-state index contributed by atoms with van der Waals surface area (Å²) < 4.78 is 1.56. The van der Waals surface area contributed by atoms with E-state index in [-0.39, 0.29) is 23.3 Å². The number of rotatable bonds is 3. The SMILES string of the molecule is Cn1ccc(N2CCCC(c3cccc(C4CCC(=O)NC4=O)c3Cl)C2)cc1=O. The number of carbonyl (C=O) groups is 2. The highest BCUT2D eigenvalue weighted by Crippen LogP contribution is 2.38. The minimum Gasteiger partial charge on any atom is -0.371 e. The van der Waals surface area contributed by atoms with Crippen molar-refractivity contribution in [2.45, 2.75) is 37.5 Å². The Bertz CT molecular complexity index is 1020. The van der Waals surface area contributed by atoms with Crippen molar-refractivity contribution in [3.05, 3.63) is 63.0 Å². The minimum atomic E-state index is -0.392. The van der Waals surface area contributed by atoms with Crippen LogP contribution >= 0.6 is 11.6 Å². The van der Waals surface area contributed by atoms with Gasteiger partial charge in [-0.15, -0.1) is 0 Å². The molecular weight excluding hydrogens is 390 g/mol. The number of nitrogens with one attached hydrogen (secondary N) is 1. The molecule has 7 heteroatoms. The highest BCUT2D eigenvalue weighted by atomic mass is 35.5. The van der Waals surface area contributed by atoms with Gasteiger partial charge in [0.15, 0.2) is 0 Å². The van der Waals surface area contributed by atoms with Crippen LogP contribution in [0.25, 0.3) is 0 Å². The number of carbonyl (C=O) groups excluding carboxylic acids is 2. The molecule has 0 saturated carbocycles. The summed E-state index contributed by atoms with van der Waals surface area (Å²) in [6.45, 7) is 1.67. The van der Waals surface area contributed by atoms with Crippen LogP contribution < -0.4 is 15.8 Å². The lowest BCUT2D eigenvalue weighted by Crippen LogP contribution is -2.39. The maximum atomic E-state index is 12.3. The van der Waals surface area contributed by atoms with E-state index in [1.54, 1.807) is 23.9 Å². The van der Waals surface area contributed by atoms with E-state index in [9.17, 15) is 14.4 Å². The smallest absolute Gasteiger partial charge is 0.252 e. The largest absolute Gasteiger partial charge is 0.371 e. The van der Waals surface area contributed by atoms with Gasteiger partial charge in [-0.1, -0.05) is 29.8 Å². The number of aromatic nitrogens is 1. The number of hydrogen-bond donors (Lipinski definition) is 1. The van der Waals surface area contributed by atoms with E-state index in [0.717, 1.165) is 42.7 Å². The fourth-order valence-corrected chi connectivity index (χ4v) is 4.76. The van der Waals surface area contributed by atoms with Crippen LogP contribution in [0.3, 0.4) is 0 Å². The molecule has 0 aliphatic carbocycles. The van der Waals surface area contributed by atoms with E-state index in [4.69, 9.17) is 11.6 Å². The average molecular weight is 414 g/mol. The number of benzene rings is 1. The van der Waals surface area contributed by atoms with Gasteiger partial charge in [-0.05, 0) is 36.5 Å². The van der Waals surface area contributed by atoms with Crippen molar-refractivity contribution in [2.75, 3.05) is 18.0 Å². The molecule has 2 saturated heterocycles. The molecule has 4 rings (SSSR count). The number of halogens is 1. The maximum Gasteiger partial charge on any atom is 0.252 e. The standard InChI is InChI=1S/C22H24ClN3O3/c1-25-11-9-15(12-20(25)28)26-10-3-4-14(13-26)16-5-2-6-17(21(16)23)18-7-8-19(27)24-22(18)29/h2,5-6,9,11-12,14,18H,3-4,7-8,10,13H2,1H3,(H,24,27,29). The van der Waals surface area contributed by atoms with Crippen molar-refractivity contribution < 1.29 is 9.59 Å². The van der Waals surface area contributed by atoms with Gasteiger partial charge < -0.3 is 9.47 Å². The minimum absolute atomic E-state index is 0.0255. The number of imide groups is 1. The van der Waals surface area contributed by atoms with Crippen molar-refractivity contribution in [1.82, 2.24) is 9.88 Å². The van der Waals surface area contributed by atoms with Gasteiger partial charge in [-0.2, -0.15) is 0 Å². The summed E-state index contributed by atoms with van der Waals surface area (Å²) in [5.41, 5.74) is 2.72. The summed E-state index contributed by atoms with van der Waals surface area (Å²) in [6.07, 6.45) is 4.60. The molecule has 152 valence electrons. The molecule has 2 unspecified atom stereocenters. The van der Waals surface area contributed by atoms with Gasteiger partial charge in [0.25, 0.3) is 5.56 Å². The second-order valence-electron chi connectivity index (χ2n) is 7.87. The van der Waals surface area contributed by atoms with Crippen molar-refractivity contribution in [3.63, 3.8) is 0 Å². The molecule has 2 aliphatic rings. The number of nitrogens with zero attached hydrogens (tertiary/aromatic N) is 2. The number of pyridine rings is 1. The zero-order valence-corrected chi connectivity index (χ0v) is 17.1. The van der Waals surface area contributed by atoms with Crippen molar-refractivity contribution in [3.8, 4) is 0 Å². The van der Waals surface area contributed by atoms with Gasteiger partial charge in [0.05, 0.1) is 5.92 Å². The van der Waals surface area contributed by atoms with Gasteiger partial charge in [-0.25, -0.2) is 0 Å². The summed E-state index contributed by atoms with van der Waals surface area (Å²) in [4.78, 5) is 38.0. The Morgan fingerprint density at radius 2 is 1.90 bits per heavy atom. The van der Waals surface area contributed by atoms with Crippen LogP contribution in [0.1, 0.15) is 48.6 Å². The summed E-state index contributed by atoms with van der Waals surface area (Å²) in [5.74, 6) is -0.674. The third kappa shape index (κ3) is 3.94. The van der Waals surface area contributed by atoms with Gasteiger partial charge in [-0.3, -0.25) is 19.7 Å². The lowest BCUT2D eigenvalue weighted by Gasteiger charge is -2.35. The molecule has 2 aromatic rings. The van der Waals surface area contributed by atoms with E-state index >= 15 is 0 Å². The number of anilines is 1. The Morgan fingerprint density at radius 1 is 1.10 bits per heavy atom. The number of aryl methyl sites for hydroxylation is 1. The number of piperidine rings is 2. The Kier molecular flexibility index (Phi) is 5.46. The van der Waals surface area contributed by atoms with Gasteiger partial charge in [0.2, 0.25) is 11.8 Å². The molecule has 0 spiro atoms. The molecule has 2 fully saturated rings. The summed E-state index contributed by atoms with van der Waals surface area (Å²) in [7, 11) is 1.74. The van der Waals surface area contributed by atoms with Crippen LogP contribution in [0.5, 0.6) is 0 Å². The lowest BCUT2D eigenvalue weighted by molar-refractivity contribution is -0.134. The first kappa shape index (κ1) is 19.7. The summed E-state index contributed by atoms with van der Waals surface area (Å²) in [5, 5.41) is 3.04. The molecule has 1 N–H and O–H groups in total. The van der Waals surface area contributed by atoms with Crippen LogP contribution in [-0.4, -0.2) is 29.5 Å². The zero-order chi connectivity index (χ0) is 20.5. The van der Waals surface area contributed by atoms with Gasteiger partial charge in [0.1, 0.15) is 0 Å². The maximum absolute atomic E-state index is 12.3. The molecular formula is C22H24ClN3O3. The van der Waals surface area contributed by atoms with Crippen LogP contribution in [-0.2, 0) is 16.6 Å². The Hall–Kier alpha value is -2.60. The molecule has 29 heavy (non-hydrogen) atoms. The highest BCUT2D eigenvalue weighted by Gasteiger charge is 2.31. The molecule has 3 heterocycles. The predicted molar refractivity (Wildman–Crippen MR) is 112 cm³/mol. The number of amides is 2. The third-order valence-electron chi connectivity index (χ3n) is 5.99. The van der Waals surface area contributed by atoms with E-state index < -0.39 is 5.92 Å². The van der Waals surface area contributed by atoms with Crippen molar-refractivity contribution in [2.24, 2.45) is 7.05 Å². The highest BCUT2D eigenvalue weighted by molar-refractivity contribution is 6.32. The zero-order valence-electron chi connectivity index (χ0n) is 16.4. The monoisotopic (exact) mass is 413 g/mol. The Balaban J connectivity index is 1.59. The van der Waals surface area contributed by atoms with Gasteiger partial charge in [0, 0.05) is 55.4 Å². The topological polar surface area (TPSA) is 71.4 Å². The van der Waals surface area contributed by atoms with E-state index in [0.29, 0.717) is 17.9 Å². The first-order valence-electron chi connectivity index (χ1n) is 9.97. The molecule has 2 aliphatic heterocycles. The van der Waals surface area contributed by atoms with Crippen LogP contribution in [0, 0.1) is 0 Å². The van der Waals surface area contributed by atoms with Crippen LogP contribution in [0.15, 0.2) is 41.3 Å². The normalized spacial score (nSPS) is 22.5. The lowest BCUT2D eigenvalue weighted by atomic mass is 9.85. The quantitative estimate of drug-likeness (QED) is 0.785. The van der Waals surface area contributed by atoms with Crippen molar-refractivity contribution in [1.29, 1.82) is 0 Å². The molecule has 2 atom stereocenters. The third-order valence-corrected chi connectivity index (χ3v) is 6.42. The second kappa shape index (κ2) is 8.03. The average Bonchev–Trinajstić information content (AvgIpc) is 2.71. The van der Waals surface area contributed by atoms with E-state index in [1.165, 1.54) is 0 Å². The molecule has 1 aromatic carbocycles. The first-order valence-corrected chi connectivity index (χ1v) is 10.4.